The van der Waals surface area contributed by atoms with E-state index in [-0.39, 0.29) is 56.3 Å². The quantitative estimate of drug-likeness (QED) is 0.278. The molecule has 0 radical (unpaired) electrons. The summed E-state index contributed by atoms with van der Waals surface area (Å²) in [6, 6.07) is 6.43. The summed E-state index contributed by atoms with van der Waals surface area (Å²) in [5.41, 5.74) is 0.944. The van der Waals surface area contributed by atoms with Gasteiger partial charge in [-0.25, -0.2) is 8.42 Å². The van der Waals surface area contributed by atoms with Crippen molar-refractivity contribution in [3.63, 3.8) is 0 Å². The first-order valence-corrected chi connectivity index (χ1v) is 11.0. The summed E-state index contributed by atoms with van der Waals surface area (Å²) in [7, 11) is -4.33. The van der Waals surface area contributed by atoms with E-state index in [9.17, 15) is 13.0 Å². The molecular formula is C20H33KO3S. The summed E-state index contributed by atoms with van der Waals surface area (Å²) < 4.78 is 33.0. The third-order valence-electron chi connectivity index (χ3n) is 4.51. The summed E-state index contributed by atoms with van der Waals surface area (Å²) >= 11 is 0. The van der Waals surface area contributed by atoms with Crippen molar-refractivity contribution in [2.24, 2.45) is 0 Å². The smallest absolute Gasteiger partial charge is 0.744 e. The van der Waals surface area contributed by atoms with Crippen molar-refractivity contribution < 1.29 is 64.4 Å². The molecule has 0 amide bonds. The van der Waals surface area contributed by atoms with Gasteiger partial charge in [0.05, 0.1) is 4.90 Å². The van der Waals surface area contributed by atoms with Crippen LogP contribution in [-0.4, -0.2) is 13.0 Å². The molecule has 0 atom stereocenters. The summed E-state index contributed by atoms with van der Waals surface area (Å²) in [6.45, 7) is 2.25. The molecule has 0 spiro atoms. The van der Waals surface area contributed by atoms with Crippen LogP contribution < -0.4 is 51.4 Å². The fourth-order valence-electron chi connectivity index (χ4n) is 3.03. The van der Waals surface area contributed by atoms with Crippen LogP contribution in [0.5, 0.6) is 0 Å². The Kier molecular flexibility index (Phi) is 16.3. The van der Waals surface area contributed by atoms with Gasteiger partial charge in [0.1, 0.15) is 10.1 Å². The van der Waals surface area contributed by atoms with Gasteiger partial charge in [0, 0.05) is 0 Å². The summed E-state index contributed by atoms with van der Waals surface area (Å²) in [4.78, 5) is -0.112. The summed E-state index contributed by atoms with van der Waals surface area (Å²) in [5, 5.41) is 0. The van der Waals surface area contributed by atoms with Gasteiger partial charge in [0.15, 0.2) is 0 Å². The number of rotatable bonds is 14. The molecule has 0 bridgehead atoms. The van der Waals surface area contributed by atoms with Crippen LogP contribution in [0.3, 0.4) is 0 Å². The largest absolute Gasteiger partial charge is 1.00 e. The Hall–Kier alpha value is 0.766. The van der Waals surface area contributed by atoms with Crippen LogP contribution >= 0.6 is 0 Å². The van der Waals surface area contributed by atoms with E-state index in [1.165, 1.54) is 82.8 Å². The van der Waals surface area contributed by atoms with Gasteiger partial charge in [-0.1, -0.05) is 89.7 Å². The van der Waals surface area contributed by atoms with Gasteiger partial charge in [0.25, 0.3) is 0 Å². The first kappa shape index (κ1) is 25.8. The maximum atomic E-state index is 11.0. The molecule has 0 N–H and O–H groups in total. The van der Waals surface area contributed by atoms with E-state index in [0.717, 1.165) is 18.4 Å². The van der Waals surface area contributed by atoms with E-state index in [1.807, 2.05) is 6.07 Å². The van der Waals surface area contributed by atoms with Crippen molar-refractivity contribution in [2.45, 2.75) is 95.3 Å². The monoisotopic (exact) mass is 392 g/mol. The Morgan fingerprint density at radius 1 is 0.800 bits per heavy atom. The van der Waals surface area contributed by atoms with Crippen molar-refractivity contribution >= 4 is 10.1 Å². The van der Waals surface area contributed by atoms with Crippen molar-refractivity contribution in [3.8, 4) is 0 Å². The van der Waals surface area contributed by atoms with Gasteiger partial charge in [-0.15, -0.1) is 0 Å². The zero-order chi connectivity index (χ0) is 17.7. The molecular weight excluding hydrogens is 359 g/mol. The molecule has 0 saturated heterocycles. The van der Waals surface area contributed by atoms with E-state index >= 15 is 0 Å². The minimum Gasteiger partial charge on any atom is -0.744 e. The standard InChI is InChI=1S/C20H34O3S.K/c1-2-3-4-5-6-7-8-9-10-11-12-13-15-19-16-14-17-20(18-19)24(21,22)23;/h14,16-18H,2-13,15H2,1H3,(H,21,22,23);/q;+1/p-1. The average molecular weight is 393 g/mol. The molecule has 0 fully saturated rings. The van der Waals surface area contributed by atoms with Gasteiger partial charge in [-0.05, 0) is 30.5 Å². The Morgan fingerprint density at radius 2 is 1.28 bits per heavy atom. The fourth-order valence-corrected chi connectivity index (χ4v) is 3.57. The Bertz CT molecular complexity index is 544. The number of aryl methyl sites for hydroxylation is 1. The Morgan fingerprint density at radius 3 is 1.76 bits per heavy atom. The molecule has 0 unspecified atom stereocenters. The van der Waals surface area contributed by atoms with Crippen LogP contribution in [0.15, 0.2) is 29.2 Å². The minimum absolute atomic E-state index is 0. The maximum Gasteiger partial charge on any atom is 1.00 e. The van der Waals surface area contributed by atoms with Crippen LogP contribution in [0.2, 0.25) is 0 Å². The van der Waals surface area contributed by atoms with Gasteiger partial charge in [-0.2, -0.15) is 0 Å². The minimum atomic E-state index is -4.33. The summed E-state index contributed by atoms with van der Waals surface area (Å²) in [6.07, 6.45) is 16.6. The van der Waals surface area contributed by atoms with E-state index in [0.29, 0.717) is 0 Å². The topological polar surface area (TPSA) is 57.2 Å². The predicted octanol–water partition coefficient (Wildman–Crippen LogP) is 2.84. The van der Waals surface area contributed by atoms with E-state index < -0.39 is 10.1 Å². The molecule has 0 heterocycles. The Labute approximate surface area is 197 Å². The second-order valence-corrected chi connectivity index (χ2v) is 8.12. The van der Waals surface area contributed by atoms with Gasteiger partial charge >= 0.3 is 51.4 Å². The molecule has 5 heteroatoms. The van der Waals surface area contributed by atoms with Crippen molar-refractivity contribution in [2.75, 3.05) is 0 Å². The van der Waals surface area contributed by atoms with Crippen LogP contribution in [-0.2, 0) is 16.5 Å². The van der Waals surface area contributed by atoms with Crippen molar-refractivity contribution in [1.29, 1.82) is 0 Å². The van der Waals surface area contributed by atoms with Crippen LogP contribution in [0.4, 0.5) is 0 Å². The number of unbranched alkanes of at least 4 members (excludes halogenated alkanes) is 11. The van der Waals surface area contributed by atoms with Crippen LogP contribution in [0, 0.1) is 0 Å². The van der Waals surface area contributed by atoms with Crippen LogP contribution in [0.1, 0.15) is 89.5 Å². The predicted molar refractivity (Wildman–Crippen MR) is 99.2 cm³/mol. The third-order valence-corrected chi connectivity index (χ3v) is 5.34. The van der Waals surface area contributed by atoms with E-state index in [1.54, 1.807) is 6.07 Å². The van der Waals surface area contributed by atoms with Crippen molar-refractivity contribution in [1.82, 2.24) is 0 Å². The molecule has 0 aliphatic heterocycles. The van der Waals surface area contributed by atoms with E-state index in [4.69, 9.17) is 0 Å². The molecule has 0 aliphatic carbocycles. The second-order valence-electron chi connectivity index (χ2n) is 6.74. The molecule has 1 rings (SSSR count). The molecule has 0 aliphatic rings. The molecule has 138 valence electrons. The maximum absolute atomic E-state index is 11.0. The third kappa shape index (κ3) is 13.6. The molecule has 1 aromatic carbocycles. The zero-order valence-corrected chi connectivity index (χ0v) is 20.1. The fraction of sp³-hybridized carbons (Fsp3) is 0.700. The second kappa shape index (κ2) is 15.8. The van der Waals surface area contributed by atoms with E-state index in [2.05, 4.69) is 6.92 Å². The average Bonchev–Trinajstić information content (AvgIpc) is 2.55. The first-order chi connectivity index (χ1) is 11.5. The SMILES string of the molecule is CCCCCCCCCCCCCCc1cccc(S(=O)(=O)[O-])c1.[K+]. The zero-order valence-electron chi connectivity index (χ0n) is 16.1. The van der Waals surface area contributed by atoms with Gasteiger partial charge < -0.3 is 4.55 Å². The normalized spacial score (nSPS) is 11.3. The van der Waals surface area contributed by atoms with Crippen LogP contribution in [0.25, 0.3) is 0 Å². The molecule has 1 aromatic rings. The number of hydrogen-bond acceptors (Lipinski definition) is 3. The molecule has 0 saturated carbocycles. The summed E-state index contributed by atoms with van der Waals surface area (Å²) in [5.74, 6) is 0. The Balaban J connectivity index is 0.00000576. The number of benzene rings is 1. The van der Waals surface area contributed by atoms with Crippen molar-refractivity contribution in [3.05, 3.63) is 29.8 Å². The molecule has 25 heavy (non-hydrogen) atoms. The molecule has 0 aromatic heterocycles. The number of hydrogen-bond donors (Lipinski definition) is 0. The van der Waals surface area contributed by atoms with Gasteiger partial charge in [-0.3, -0.25) is 0 Å². The van der Waals surface area contributed by atoms with Gasteiger partial charge in [0.2, 0.25) is 0 Å². The molecule has 3 nitrogen and oxygen atoms in total. The first-order valence-electron chi connectivity index (χ1n) is 9.59.